The number of aryl methyl sites for hydroxylation is 1. The van der Waals surface area contributed by atoms with Gasteiger partial charge in [-0.2, -0.15) is 0 Å². The Morgan fingerprint density at radius 1 is 1.16 bits per heavy atom. The second-order valence-electron chi connectivity index (χ2n) is 4.56. The molecule has 0 saturated heterocycles. The van der Waals surface area contributed by atoms with Crippen LogP contribution < -0.4 is 10.6 Å². The lowest BCUT2D eigenvalue weighted by molar-refractivity contribution is 0.126. The molecule has 108 valence electrons. The maximum absolute atomic E-state index is 5.51. The van der Waals surface area contributed by atoms with Gasteiger partial charge in [-0.1, -0.05) is 0 Å². The molecule has 0 radical (unpaired) electrons. The van der Waals surface area contributed by atoms with Crippen molar-refractivity contribution in [2.24, 2.45) is 0 Å². The van der Waals surface area contributed by atoms with Crippen LogP contribution in [0.5, 0.6) is 0 Å². The maximum Gasteiger partial charge on any atom is 0.131 e. The molecule has 2 N–H and O–H groups in total. The van der Waals surface area contributed by atoms with Gasteiger partial charge < -0.3 is 20.3 Å². The van der Waals surface area contributed by atoms with Gasteiger partial charge >= 0.3 is 0 Å². The van der Waals surface area contributed by atoms with Gasteiger partial charge in [-0.15, -0.1) is 0 Å². The zero-order valence-electron chi connectivity index (χ0n) is 12.4. The van der Waals surface area contributed by atoms with Crippen LogP contribution in [0, 0.1) is 6.92 Å². The van der Waals surface area contributed by atoms with E-state index in [1.807, 2.05) is 34.0 Å². The lowest BCUT2D eigenvalue weighted by atomic mass is 10.4. The van der Waals surface area contributed by atoms with Crippen LogP contribution in [0.2, 0.25) is 0 Å². The van der Waals surface area contributed by atoms with Crippen LogP contribution in [-0.4, -0.2) is 61.8 Å². The van der Waals surface area contributed by atoms with E-state index < -0.39 is 0 Å². The second kappa shape index (κ2) is 8.66. The van der Waals surface area contributed by atoms with Crippen LogP contribution in [0.1, 0.15) is 12.7 Å². The SMILES string of the molecule is CCNc1cc(NCCOCCN(C)C)nc(C)n1. The fourth-order valence-electron chi connectivity index (χ4n) is 1.53. The third kappa shape index (κ3) is 6.93. The third-order valence-corrected chi connectivity index (χ3v) is 2.43. The first-order valence-electron chi connectivity index (χ1n) is 6.67. The highest BCUT2D eigenvalue weighted by molar-refractivity contribution is 5.47. The predicted molar refractivity (Wildman–Crippen MR) is 78.8 cm³/mol. The van der Waals surface area contributed by atoms with Crippen molar-refractivity contribution in [3.63, 3.8) is 0 Å². The molecular weight excluding hydrogens is 242 g/mol. The number of nitrogens with zero attached hydrogens (tertiary/aromatic N) is 3. The van der Waals surface area contributed by atoms with Crippen molar-refractivity contribution in [2.75, 3.05) is 57.6 Å². The van der Waals surface area contributed by atoms with Crippen molar-refractivity contribution in [1.29, 1.82) is 0 Å². The first-order valence-corrected chi connectivity index (χ1v) is 6.67. The normalized spacial score (nSPS) is 10.8. The molecule has 0 saturated carbocycles. The van der Waals surface area contributed by atoms with E-state index in [4.69, 9.17) is 4.74 Å². The van der Waals surface area contributed by atoms with Gasteiger partial charge in [-0.3, -0.25) is 0 Å². The van der Waals surface area contributed by atoms with E-state index in [0.717, 1.165) is 43.7 Å². The van der Waals surface area contributed by atoms with Gasteiger partial charge in [0.1, 0.15) is 17.5 Å². The number of hydrogen-bond acceptors (Lipinski definition) is 6. The molecule has 1 heterocycles. The minimum Gasteiger partial charge on any atom is -0.378 e. The molecule has 0 aliphatic rings. The number of ether oxygens (including phenoxy) is 1. The van der Waals surface area contributed by atoms with Crippen LogP contribution in [0.25, 0.3) is 0 Å². The molecule has 6 heteroatoms. The lowest BCUT2D eigenvalue weighted by Crippen LogP contribution is -2.20. The molecule has 0 aliphatic heterocycles. The number of likely N-dealkylation sites (N-methyl/N-ethyl adjacent to an activating group) is 1. The number of nitrogens with one attached hydrogen (secondary N) is 2. The summed E-state index contributed by atoms with van der Waals surface area (Å²) in [6.07, 6.45) is 0. The summed E-state index contributed by atoms with van der Waals surface area (Å²) in [6.45, 7) is 7.90. The Kier molecular flexibility index (Phi) is 7.14. The van der Waals surface area contributed by atoms with Gasteiger partial charge in [0.2, 0.25) is 0 Å². The van der Waals surface area contributed by atoms with Crippen molar-refractivity contribution < 1.29 is 4.74 Å². The van der Waals surface area contributed by atoms with E-state index in [9.17, 15) is 0 Å². The molecule has 1 aromatic rings. The topological polar surface area (TPSA) is 62.3 Å². The zero-order chi connectivity index (χ0) is 14.1. The zero-order valence-corrected chi connectivity index (χ0v) is 12.4. The van der Waals surface area contributed by atoms with E-state index in [2.05, 4.69) is 25.5 Å². The Labute approximate surface area is 115 Å². The van der Waals surface area contributed by atoms with Gasteiger partial charge in [-0.25, -0.2) is 9.97 Å². The van der Waals surface area contributed by atoms with Gasteiger partial charge in [0, 0.05) is 25.7 Å². The van der Waals surface area contributed by atoms with Crippen molar-refractivity contribution in [2.45, 2.75) is 13.8 Å². The molecule has 0 unspecified atom stereocenters. The predicted octanol–water partition coefficient (Wildman–Crippen LogP) is 1.21. The third-order valence-electron chi connectivity index (χ3n) is 2.43. The lowest BCUT2D eigenvalue weighted by Gasteiger charge is -2.11. The van der Waals surface area contributed by atoms with E-state index >= 15 is 0 Å². The summed E-state index contributed by atoms with van der Waals surface area (Å²) in [5, 5.41) is 6.43. The quantitative estimate of drug-likeness (QED) is 0.656. The van der Waals surface area contributed by atoms with Crippen molar-refractivity contribution in [3.8, 4) is 0 Å². The van der Waals surface area contributed by atoms with Crippen LogP contribution in [-0.2, 0) is 4.74 Å². The summed E-state index contributed by atoms with van der Waals surface area (Å²) in [7, 11) is 4.07. The molecule has 1 aromatic heterocycles. The first-order chi connectivity index (χ1) is 9.11. The first kappa shape index (κ1) is 15.7. The van der Waals surface area contributed by atoms with Gasteiger partial charge in [0.05, 0.1) is 13.2 Å². The molecule has 0 atom stereocenters. The Bertz CT molecular complexity index is 370. The minimum atomic E-state index is 0.674. The molecule has 19 heavy (non-hydrogen) atoms. The van der Waals surface area contributed by atoms with Gasteiger partial charge in [0.25, 0.3) is 0 Å². The molecule has 0 amide bonds. The minimum absolute atomic E-state index is 0.674. The van der Waals surface area contributed by atoms with Gasteiger partial charge in [-0.05, 0) is 27.9 Å². The number of aromatic nitrogens is 2. The molecule has 0 aromatic carbocycles. The summed E-state index contributed by atoms with van der Waals surface area (Å²) in [5.41, 5.74) is 0. The Hall–Kier alpha value is -1.40. The van der Waals surface area contributed by atoms with Crippen LogP contribution in [0.4, 0.5) is 11.6 Å². The average molecular weight is 267 g/mol. The smallest absolute Gasteiger partial charge is 0.131 e. The van der Waals surface area contributed by atoms with Crippen LogP contribution >= 0.6 is 0 Å². The highest BCUT2D eigenvalue weighted by Crippen LogP contribution is 2.10. The van der Waals surface area contributed by atoms with E-state index in [-0.39, 0.29) is 0 Å². The summed E-state index contributed by atoms with van der Waals surface area (Å²) in [5.74, 6) is 2.44. The fourth-order valence-corrected chi connectivity index (χ4v) is 1.53. The molecule has 6 nitrogen and oxygen atoms in total. The average Bonchev–Trinajstić information content (AvgIpc) is 2.33. The molecule has 0 aliphatic carbocycles. The maximum atomic E-state index is 5.51. The van der Waals surface area contributed by atoms with E-state index in [0.29, 0.717) is 6.61 Å². The molecular formula is C13H25N5O. The molecule has 0 spiro atoms. The monoisotopic (exact) mass is 267 g/mol. The number of anilines is 2. The largest absolute Gasteiger partial charge is 0.378 e. The molecule has 0 bridgehead atoms. The van der Waals surface area contributed by atoms with Gasteiger partial charge in [0.15, 0.2) is 0 Å². The Morgan fingerprint density at radius 3 is 2.47 bits per heavy atom. The van der Waals surface area contributed by atoms with Crippen LogP contribution in [0.15, 0.2) is 6.07 Å². The summed E-state index contributed by atoms with van der Waals surface area (Å²) in [4.78, 5) is 10.7. The molecule has 1 rings (SSSR count). The molecule has 0 fully saturated rings. The number of hydrogen-bond donors (Lipinski definition) is 2. The van der Waals surface area contributed by atoms with Crippen molar-refractivity contribution >= 4 is 11.6 Å². The fraction of sp³-hybridized carbons (Fsp3) is 0.692. The highest BCUT2D eigenvalue weighted by Gasteiger charge is 2.00. The van der Waals surface area contributed by atoms with Crippen molar-refractivity contribution in [3.05, 3.63) is 11.9 Å². The Morgan fingerprint density at radius 2 is 1.84 bits per heavy atom. The van der Waals surface area contributed by atoms with E-state index in [1.165, 1.54) is 0 Å². The van der Waals surface area contributed by atoms with E-state index in [1.54, 1.807) is 0 Å². The standard InChI is InChI=1S/C13H25N5O/c1-5-14-12-10-13(17-11(2)16-12)15-6-8-19-9-7-18(3)4/h10H,5-9H2,1-4H3,(H2,14,15,16,17). The summed E-state index contributed by atoms with van der Waals surface area (Å²) in [6, 6.07) is 1.91. The Balaban J connectivity index is 2.28. The second-order valence-corrected chi connectivity index (χ2v) is 4.56. The summed E-state index contributed by atoms with van der Waals surface area (Å²) < 4.78 is 5.51. The van der Waals surface area contributed by atoms with Crippen LogP contribution in [0.3, 0.4) is 0 Å². The highest BCUT2D eigenvalue weighted by atomic mass is 16.5. The summed E-state index contributed by atoms with van der Waals surface area (Å²) >= 11 is 0. The number of rotatable bonds is 9. The van der Waals surface area contributed by atoms with Crippen molar-refractivity contribution in [1.82, 2.24) is 14.9 Å².